The van der Waals surface area contributed by atoms with Crippen molar-refractivity contribution in [3.8, 4) is 11.3 Å². The van der Waals surface area contributed by atoms with E-state index in [1.165, 1.54) is 23.2 Å². The number of piperidine rings is 1. The van der Waals surface area contributed by atoms with Gasteiger partial charge in [0, 0.05) is 48.3 Å². The lowest BCUT2D eigenvalue weighted by Crippen LogP contribution is -2.42. The maximum absolute atomic E-state index is 13.8. The molecule has 0 amide bonds. The van der Waals surface area contributed by atoms with E-state index in [4.69, 9.17) is 4.52 Å². The number of hydrogen-bond acceptors (Lipinski definition) is 4. The number of hydrogen-bond donors (Lipinski definition) is 0. The fourth-order valence-corrected chi connectivity index (χ4v) is 6.39. The number of aryl methyl sites for hydroxylation is 2. The van der Waals surface area contributed by atoms with E-state index in [2.05, 4.69) is 39.4 Å². The van der Waals surface area contributed by atoms with E-state index in [9.17, 15) is 13.2 Å². The van der Waals surface area contributed by atoms with Gasteiger partial charge in [0.05, 0.1) is 16.8 Å². The Labute approximate surface area is 218 Å². The summed E-state index contributed by atoms with van der Waals surface area (Å²) in [5, 5.41) is 9.93. The van der Waals surface area contributed by atoms with Crippen molar-refractivity contribution in [1.82, 2.24) is 14.9 Å². The van der Waals surface area contributed by atoms with Crippen molar-refractivity contribution >= 4 is 22.2 Å². The molecule has 1 saturated carbocycles. The summed E-state index contributed by atoms with van der Waals surface area (Å²) in [5.74, 6) is 1.02. The van der Waals surface area contributed by atoms with Gasteiger partial charge in [-0.15, -0.1) is 0 Å². The summed E-state index contributed by atoms with van der Waals surface area (Å²) in [7, 11) is 1.98. The topological polar surface area (TPSA) is 47.1 Å². The zero-order chi connectivity index (χ0) is 26.2. The maximum Gasteiger partial charge on any atom is 0.417 e. The molecule has 2 fully saturated rings. The molecular weight excluding hydrogens is 489 g/mol. The number of fused-ring (bicyclic) bond motifs is 1. The molecule has 5 nitrogen and oxygen atoms in total. The predicted octanol–water partition coefficient (Wildman–Crippen LogP) is 7.51. The molecule has 0 N–H and O–H groups in total. The second-order valence-electron chi connectivity index (χ2n) is 11.2. The van der Waals surface area contributed by atoms with Gasteiger partial charge in [-0.1, -0.05) is 29.4 Å². The highest BCUT2D eigenvalue weighted by molar-refractivity contribution is 5.86. The van der Waals surface area contributed by atoms with Gasteiger partial charge in [0.2, 0.25) is 0 Å². The lowest BCUT2D eigenvalue weighted by atomic mass is 9.63. The summed E-state index contributed by atoms with van der Waals surface area (Å²) in [4.78, 5) is 2.43. The molecule has 1 saturated heterocycles. The van der Waals surface area contributed by atoms with Gasteiger partial charge in [-0.25, -0.2) is 0 Å². The van der Waals surface area contributed by atoms with Crippen molar-refractivity contribution < 1.29 is 17.7 Å². The molecule has 196 valence electrons. The maximum atomic E-state index is 13.8. The molecule has 2 aliphatic carbocycles. The third-order valence-corrected chi connectivity index (χ3v) is 8.64. The monoisotopic (exact) mass is 518 g/mol. The number of rotatable bonds is 4. The fraction of sp³-hybridized carbons (Fsp3) is 0.400. The second-order valence-corrected chi connectivity index (χ2v) is 11.2. The van der Waals surface area contributed by atoms with Crippen LogP contribution in [-0.4, -0.2) is 28.0 Å². The highest BCUT2D eigenvalue weighted by Crippen LogP contribution is 2.56. The lowest BCUT2D eigenvalue weighted by molar-refractivity contribution is -0.137. The Bertz CT molecular complexity index is 1580. The summed E-state index contributed by atoms with van der Waals surface area (Å²) in [6.07, 6.45) is 2.71. The van der Waals surface area contributed by atoms with Crippen molar-refractivity contribution in [2.24, 2.45) is 12.5 Å². The van der Waals surface area contributed by atoms with Crippen LogP contribution in [0.15, 0.2) is 53.1 Å². The van der Waals surface area contributed by atoms with Crippen LogP contribution in [-0.2, 0) is 13.2 Å². The Morgan fingerprint density at radius 2 is 1.79 bits per heavy atom. The van der Waals surface area contributed by atoms with Crippen molar-refractivity contribution in [2.45, 2.75) is 51.1 Å². The largest absolute Gasteiger partial charge is 0.417 e. The Morgan fingerprint density at radius 3 is 2.50 bits per heavy atom. The average Bonchev–Trinajstić information content (AvgIpc) is 3.57. The minimum Gasteiger partial charge on any atom is -0.371 e. The number of nitrogens with zero attached hydrogens (tertiary/aromatic N) is 4. The minimum atomic E-state index is -4.45. The van der Waals surface area contributed by atoms with E-state index in [1.807, 2.05) is 18.7 Å². The number of anilines is 1. The summed E-state index contributed by atoms with van der Waals surface area (Å²) in [6, 6.07) is 12.3. The number of benzene rings is 2. The molecule has 38 heavy (non-hydrogen) atoms. The predicted molar refractivity (Wildman–Crippen MR) is 141 cm³/mol. The molecule has 0 atom stereocenters. The van der Waals surface area contributed by atoms with Crippen LogP contribution in [0.2, 0.25) is 0 Å². The van der Waals surface area contributed by atoms with Crippen molar-refractivity contribution in [3.05, 3.63) is 71.1 Å². The van der Waals surface area contributed by atoms with E-state index in [-0.39, 0.29) is 16.9 Å². The Balaban J connectivity index is 1.16. The molecular formula is C30H29F3N4O. The van der Waals surface area contributed by atoms with Crippen molar-refractivity contribution in [1.29, 1.82) is 0 Å². The van der Waals surface area contributed by atoms with E-state index in [0.717, 1.165) is 79.4 Å². The van der Waals surface area contributed by atoms with Gasteiger partial charge in [-0.3, -0.25) is 4.68 Å². The molecule has 7 rings (SSSR count). The van der Waals surface area contributed by atoms with Gasteiger partial charge in [0.1, 0.15) is 11.5 Å². The van der Waals surface area contributed by atoms with E-state index in [0.29, 0.717) is 5.69 Å². The molecule has 2 aromatic heterocycles. The van der Waals surface area contributed by atoms with Crippen LogP contribution in [0.4, 0.5) is 18.9 Å². The standard InChI is InChI=1S/C30H29F3N4O/c1-18-22-10-9-21(15-25(22)36(2)34-18)37-13-11-29(12-14-37)16-20(17-29)26-27(35-38-28(26)19-7-8-19)23-5-3-4-6-24(23)30(31,32)33/h3-6,9-10,15-16,19H,7-8,11-14,17H2,1-2H3. The van der Waals surface area contributed by atoms with Crippen LogP contribution in [0.25, 0.3) is 27.7 Å². The Hall–Kier alpha value is -3.55. The molecule has 0 unspecified atom stereocenters. The summed E-state index contributed by atoms with van der Waals surface area (Å²) in [6.45, 7) is 3.91. The molecule has 0 radical (unpaired) electrons. The van der Waals surface area contributed by atoms with Crippen LogP contribution < -0.4 is 4.90 Å². The van der Waals surface area contributed by atoms with Crippen LogP contribution in [0, 0.1) is 12.3 Å². The molecule has 1 aliphatic heterocycles. The molecule has 0 bridgehead atoms. The van der Waals surface area contributed by atoms with E-state index in [1.54, 1.807) is 6.07 Å². The Morgan fingerprint density at radius 1 is 1.05 bits per heavy atom. The fourth-order valence-electron chi connectivity index (χ4n) is 6.39. The molecule has 1 spiro atoms. The quantitative estimate of drug-likeness (QED) is 0.281. The van der Waals surface area contributed by atoms with Gasteiger partial charge >= 0.3 is 6.18 Å². The highest BCUT2D eigenvalue weighted by Gasteiger charge is 2.44. The number of halogens is 3. The molecule has 4 aromatic rings. The zero-order valence-electron chi connectivity index (χ0n) is 21.5. The lowest BCUT2D eigenvalue weighted by Gasteiger charge is -2.47. The van der Waals surface area contributed by atoms with E-state index < -0.39 is 11.7 Å². The number of allylic oxidation sites excluding steroid dienone is 2. The summed E-state index contributed by atoms with van der Waals surface area (Å²) >= 11 is 0. The molecule has 3 heterocycles. The number of aromatic nitrogens is 3. The van der Waals surface area contributed by atoms with Crippen molar-refractivity contribution in [3.63, 3.8) is 0 Å². The first-order valence-electron chi connectivity index (χ1n) is 13.3. The van der Waals surface area contributed by atoms with Crippen LogP contribution >= 0.6 is 0 Å². The van der Waals surface area contributed by atoms with Gasteiger partial charge in [0.15, 0.2) is 0 Å². The van der Waals surface area contributed by atoms with Crippen molar-refractivity contribution in [2.75, 3.05) is 18.0 Å². The first kappa shape index (κ1) is 23.6. The molecule has 3 aliphatic rings. The summed E-state index contributed by atoms with van der Waals surface area (Å²) < 4.78 is 49.1. The van der Waals surface area contributed by atoms with Crippen LogP contribution in [0.5, 0.6) is 0 Å². The zero-order valence-corrected chi connectivity index (χ0v) is 21.5. The van der Waals surface area contributed by atoms with Gasteiger partial charge in [0.25, 0.3) is 0 Å². The normalized spacial score (nSPS) is 19.2. The SMILES string of the molecule is Cc1nn(C)c2cc(N3CCC4(C=C(c5c(-c6ccccc6C(F)(F)F)noc5C5CC5)C4)CC3)ccc12. The third-order valence-electron chi connectivity index (χ3n) is 8.64. The summed E-state index contributed by atoms with van der Waals surface area (Å²) in [5.41, 5.74) is 5.11. The number of alkyl halides is 3. The van der Waals surface area contributed by atoms with Gasteiger partial charge < -0.3 is 9.42 Å². The molecule has 8 heteroatoms. The first-order chi connectivity index (χ1) is 18.2. The Kier molecular flexibility index (Phi) is 5.10. The first-order valence-corrected chi connectivity index (χ1v) is 13.3. The highest BCUT2D eigenvalue weighted by atomic mass is 19.4. The average molecular weight is 519 g/mol. The van der Waals surface area contributed by atoms with Gasteiger partial charge in [-0.2, -0.15) is 18.3 Å². The van der Waals surface area contributed by atoms with E-state index >= 15 is 0 Å². The van der Waals surface area contributed by atoms with Crippen LogP contribution in [0.3, 0.4) is 0 Å². The smallest absolute Gasteiger partial charge is 0.371 e. The van der Waals surface area contributed by atoms with Gasteiger partial charge in [-0.05, 0) is 74.3 Å². The molecule has 2 aromatic carbocycles. The third kappa shape index (κ3) is 3.76. The van der Waals surface area contributed by atoms with Crippen LogP contribution in [0.1, 0.15) is 60.6 Å². The minimum absolute atomic E-state index is 0.0813. The second kappa shape index (κ2) is 8.22.